The minimum absolute atomic E-state index is 0.0979. The number of pyridine rings is 1. The molecule has 0 saturated carbocycles. The second-order valence-electron chi connectivity index (χ2n) is 8.03. The van der Waals surface area contributed by atoms with Gasteiger partial charge in [-0.15, -0.1) is 0 Å². The number of aromatic nitrogens is 2. The quantitative estimate of drug-likeness (QED) is 0.569. The second kappa shape index (κ2) is 7.86. The fourth-order valence-corrected chi connectivity index (χ4v) is 4.36. The third kappa shape index (κ3) is 3.36. The van der Waals surface area contributed by atoms with Gasteiger partial charge in [0, 0.05) is 24.8 Å². The van der Waals surface area contributed by atoms with Crippen LogP contribution in [0.15, 0.2) is 35.0 Å². The van der Waals surface area contributed by atoms with Crippen LogP contribution in [-0.2, 0) is 9.47 Å². The standard InChI is InChI=1S/C22H21FN4O5/c1-12-8-26(9-13(2)30-12)19-14(11-28)7-15-20(18(19)23)32-25-21(15)27-10-17(31-22(27)29)16-5-3-4-6-24-16/h3-7,11-13,17H,8-10H2,1-2H3. The summed E-state index contributed by atoms with van der Waals surface area (Å²) in [5.74, 6) is -0.598. The number of hydrogen-bond donors (Lipinski definition) is 0. The van der Waals surface area contributed by atoms with E-state index in [2.05, 4.69) is 10.1 Å². The summed E-state index contributed by atoms with van der Waals surface area (Å²) in [6.07, 6.45) is 0.712. The molecule has 3 unspecified atom stereocenters. The van der Waals surface area contributed by atoms with Crippen molar-refractivity contribution in [2.24, 2.45) is 0 Å². The third-order valence-electron chi connectivity index (χ3n) is 5.64. The number of aldehydes is 1. The van der Waals surface area contributed by atoms with Crippen LogP contribution >= 0.6 is 0 Å². The molecule has 2 aliphatic heterocycles. The Morgan fingerprint density at radius 2 is 1.97 bits per heavy atom. The molecule has 10 heteroatoms. The van der Waals surface area contributed by atoms with Gasteiger partial charge < -0.3 is 18.9 Å². The first-order valence-electron chi connectivity index (χ1n) is 10.3. The van der Waals surface area contributed by atoms with Gasteiger partial charge in [-0.3, -0.25) is 14.7 Å². The number of ether oxygens (including phenoxy) is 2. The monoisotopic (exact) mass is 440 g/mol. The van der Waals surface area contributed by atoms with Crippen molar-refractivity contribution in [3.05, 3.63) is 47.5 Å². The van der Waals surface area contributed by atoms with Gasteiger partial charge in [-0.2, -0.15) is 0 Å². The first kappa shape index (κ1) is 20.4. The Morgan fingerprint density at radius 3 is 2.66 bits per heavy atom. The van der Waals surface area contributed by atoms with Gasteiger partial charge in [0.2, 0.25) is 5.58 Å². The summed E-state index contributed by atoms with van der Waals surface area (Å²) < 4.78 is 32.0. The Morgan fingerprint density at radius 1 is 1.19 bits per heavy atom. The van der Waals surface area contributed by atoms with E-state index in [1.54, 1.807) is 29.3 Å². The average molecular weight is 440 g/mol. The van der Waals surface area contributed by atoms with E-state index in [0.29, 0.717) is 25.1 Å². The van der Waals surface area contributed by atoms with E-state index in [-0.39, 0.29) is 46.8 Å². The molecule has 0 bridgehead atoms. The maximum Gasteiger partial charge on any atom is 0.416 e. The summed E-state index contributed by atoms with van der Waals surface area (Å²) in [5, 5.41) is 4.16. The predicted octanol–water partition coefficient (Wildman–Crippen LogP) is 3.49. The summed E-state index contributed by atoms with van der Waals surface area (Å²) in [7, 11) is 0. The van der Waals surface area contributed by atoms with Crippen LogP contribution in [0.25, 0.3) is 11.0 Å². The lowest BCUT2D eigenvalue weighted by atomic mass is 10.1. The van der Waals surface area contributed by atoms with Crippen molar-refractivity contribution in [3.8, 4) is 0 Å². The summed E-state index contributed by atoms with van der Waals surface area (Å²) in [5.41, 5.74) is 0.761. The van der Waals surface area contributed by atoms with Crippen molar-refractivity contribution in [1.82, 2.24) is 10.1 Å². The maximum absolute atomic E-state index is 15.6. The molecule has 32 heavy (non-hydrogen) atoms. The first-order chi connectivity index (χ1) is 15.5. The molecule has 3 aromatic rings. The zero-order chi connectivity index (χ0) is 22.4. The molecule has 3 atom stereocenters. The van der Waals surface area contributed by atoms with Crippen molar-refractivity contribution >= 4 is 34.9 Å². The fraction of sp³-hybridized carbons (Fsp3) is 0.364. The SMILES string of the molecule is CC1CN(c2c(C=O)cc3c(N4CC(c5ccccn5)OC4=O)noc3c2F)CC(C)O1. The van der Waals surface area contributed by atoms with Gasteiger partial charge in [0.1, 0.15) is 0 Å². The van der Waals surface area contributed by atoms with Crippen LogP contribution in [0, 0.1) is 5.82 Å². The zero-order valence-corrected chi connectivity index (χ0v) is 17.5. The highest BCUT2D eigenvalue weighted by atomic mass is 19.1. The number of morpholine rings is 1. The molecule has 2 saturated heterocycles. The molecule has 9 nitrogen and oxygen atoms in total. The molecule has 5 rings (SSSR count). The van der Waals surface area contributed by atoms with Crippen LogP contribution in [0.3, 0.4) is 0 Å². The summed E-state index contributed by atoms with van der Waals surface area (Å²) >= 11 is 0. The minimum Gasteiger partial charge on any atom is -0.437 e. The molecule has 0 radical (unpaired) electrons. The van der Waals surface area contributed by atoms with Crippen molar-refractivity contribution in [2.75, 3.05) is 29.4 Å². The first-order valence-corrected chi connectivity index (χ1v) is 10.3. The van der Waals surface area contributed by atoms with Crippen molar-refractivity contribution in [2.45, 2.75) is 32.2 Å². The van der Waals surface area contributed by atoms with Crippen LogP contribution in [-0.4, -0.2) is 54.4 Å². The average Bonchev–Trinajstić information content (AvgIpc) is 3.36. The van der Waals surface area contributed by atoms with Crippen LogP contribution in [0.4, 0.5) is 20.7 Å². The largest absolute Gasteiger partial charge is 0.437 e. The number of cyclic esters (lactones) is 1. The predicted molar refractivity (Wildman–Crippen MR) is 112 cm³/mol. The van der Waals surface area contributed by atoms with Crippen molar-refractivity contribution in [1.29, 1.82) is 0 Å². The molecule has 2 aliphatic rings. The number of rotatable bonds is 4. The van der Waals surface area contributed by atoms with Crippen LogP contribution in [0.5, 0.6) is 0 Å². The van der Waals surface area contributed by atoms with E-state index in [9.17, 15) is 9.59 Å². The highest BCUT2D eigenvalue weighted by Crippen LogP contribution is 2.39. The van der Waals surface area contributed by atoms with Gasteiger partial charge in [-0.05, 0) is 32.0 Å². The molecule has 0 aliphatic carbocycles. The van der Waals surface area contributed by atoms with Crippen LogP contribution in [0.1, 0.15) is 36.0 Å². The Labute approximate surface area is 182 Å². The molecule has 1 amide bonds. The lowest BCUT2D eigenvalue weighted by Gasteiger charge is -2.37. The van der Waals surface area contributed by atoms with E-state index in [1.165, 1.54) is 11.0 Å². The zero-order valence-electron chi connectivity index (χ0n) is 17.5. The summed E-state index contributed by atoms with van der Waals surface area (Å²) in [4.78, 5) is 31.7. The number of nitrogens with zero attached hydrogens (tertiary/aromatic N) is 4. The molecule has 166 valence electrons. The Hall–Kier alpha value is -3.53. The molecular weight excluding hydrogens is 419 g/mol. The van der Waals surface area contributed by atoms with Gasteiger partial charge in [0.25, 0.3) is 0 Å². The molecule has 0 spiro atoms. The van der Waals surface area contributed by atoms with Crippen molar-refractivity contribution < 1.29 is 28.0 Å². The number of fused-ring (bicyclic) bond motifs is 1. The molecule has 2 aromatic heterocycles. The molecule has 4 heterocycles. The van der Waals surface area contributed by atoms with E-state index < -0.39 is 18.0 Å². The molecule has 1 aromatic carbocycles. The van der Waals surface area contributed by atoms with Gasteiger partial charge in [-0.25, -0.2) is 9.18 Å². The fourth-order valence-electron chi connectivity index (χ4n) is 4.36. The van der Waals surface area contributed by atoms with E-state index in [0.717, 1.165) is 0 Å². The van der Waals surface area contributed by atoms with Crippen LogP contribution in [0.2, 0.25) is 0 Å². The normalized spacial score (nSPS) is 23.6. The lowest BCUT2D eigenvalue weighted by molar-refractivity contribution is -0.00543. The van der Waals surface area contributed by atoms with E-state index >= 15 is 4.39 Å². The van der Waals surface area contributed by atoms with Crippen LogP contribution < -0.4 is 9.80 Å². The molecule has 2 fully saturated rings. The second-order valence-corrected chi connectivity index (χ2v) is 8.03. The highest BCUT2D eigenvalue weighted by Gasteiger charge is 2.38. The maximum atomic E-state index is 15.6. The number of carbonyl (C=O) groups is 2. The number of benzene rings is 1. The number of amides is 1. The lowest BCUT2D eigenvalue weighted by Crippen LogP contribution is -2.46. The van der Waals surface area contributed by atoms with Gasteiger partial charge in [0.15, 0.2) is 24.0 Å². The van der Waals surface area contributed by atoms with Gasteiger partial charge in [0.05, 0.1) is 35.5 Å². The molecular formula is C22H21FN4O5. The smallest absolute Gasteiger partial charge is 0.416 e. The molecule has 0 N–H and O–H groups in total. The van der Waals surface area contributed by atoms with E-state index in [1.807, 2.05) is 13.8 Å². The number of carbonyl (C=O) groups excluding carboxylic acids is 2. The number of hydrogen-bond acceptors (Lipinski definition) is 8. The van der Waals surface area contributed by atoms with Gasteiger partial charge in [-0.1, -0.05) is 11.2 Å². The Kier molecular flexibility index (Phi) is 5.01. The number of anilines is 2. The van der Waals surface area contributed by atoms with Crippen molar-refractivity contribution in [3.63, 3.8) is 0 Å². The number of halogens is 1. The summed E-state index contributed by atoms with van der Waals surface area (Å²) in [6, 6.07) is 6.81. The summed E-state index contributed by atoms with van der Waals surface area (Å²) in [6.45, 7) is 4.78. The topological polar surface area (TPSA) is 98.0 Å². The van der Waals surface area contributed by atoms with Gasteiger partial charge >= 0.3 is 6.09 Å². The highest BCUT2D eigenvalue weighted by molar-refractivity contribution is 6.03. The Bertz CT molecular complexity index is 1170. The third-order valence-corrected chi connectivity index (χ3v) is 5.64. The minimum atomic E-state index is -0.696. The Balaban J connectivity index is 1.53. The van der Waals surface area contributed by atoms with E-state index in [4.69, 9.17) is 14.0 Å².